The fourth-order valence-corrected chi connectivity index (χ4v) is 2.27. The standard InChI is InChI=1S/C17H23N3O/c1-4-20(5-2)12-14-11-15(6-7-17(14)21)19-16-8-9-18-13(3)10-16/h6-11,21H,4-5,12H2,1-3H3,(H,18,19). The van der Waals surface area contributed by atoms with Crippen LogP contribution in [0, 0.1) is 6.92 Å². The van der Waals surface area contributed by atoms with E-state index in [1.807, 2.05) is 31.2 Å². The van der Waals surface area contributed by atoms with Crippen LogP contribution in [-0.2, 0) is 6.54 Å². The van der Waals surface area contributed by atoms with E-state index in [0.29, 0.717) is 5.75 Å². The van der Waals surface area contributed by atoms with Gasteiger partial charge in [-0.2, -0.15) is 0 Å². The molecule has 112 valence electrons. The fourth-order valence-electron chi connectivity index (χ4n) is 2.27. The third-order valence-corrected chi connectivity index (χ3v) is 3.55. The lowest BCUT2D eigenvalue weighted by Gasteiger charge is -2.19. The van der Waals surface area contributed by atoms with Gasteiger partial charge in [0.2, 0.25) is 0 Å². The van der Waals surface area contributed by atoms with Crippen LogP contribution in [-0.4, -0.2) is 28.1 Å². The molecule has 0 atom stereocenters. The van der Waals surface area contributed by atoms with E-state index in [1.165, 1.54) is 0 Å². The van der Waals surface area contributed by atoms with Crippen LogP contribution in [0.5, 0.6) is 5.75 Å². The summed E-state index contributed by atoms with van der Waals surface area (Å²) in [7, 11) is 0. The number of rotatable bonds is 6. The molecule has 0 unspecified atom stereocenters. The van der Waals surface area contributed by atoms with E-state index in [1.54, 1.807) is 12.3 Å². The van der Waals surface area contributed by atoms with E-state index >= 15 is 0 Å². The number of hydrogen-bond acceptors (Lipinski definition) is 4. The lowest BCUT2D eigenvalue weighted by atomic mass is 10.1. The Hall–Kier alpha value is -2.07. The van der Waals surface area contributed by atoms with Gasteiger partial charge in [-0.15, -0.1) is 0 Å². The second-order valence-corrected chi connectivity index (χ2v) is 5.12. The van der Waals surface area contributed by atoms with Crippen molar-refractivity contribution in [3.05, 3.63) is 47.8 Å². The Labute approximate surface area is 126 Å². The van der Waals surface area contributed by atoms with Crippen molar-refractivity contribution in [3.8, 4) is 5.75 Å². The molecule has 0 bridgehead atoms. The van der Waals surface area contributed by atoms with Gasteiger partial charge in [-0.1, -0.05) is 13.8 Å². The third-order valence-electron chi connectivity index (χ3n) is 3.55. The zero-order valence-corrected chi connectivity index (χ0v) is 12.9. The van der Waals surface area contributed by atoms with Gasteiger partial charge >= 0.3 is 0 Å². The maximum absolute atomic E-state index is 10.0. The Morgan fingerprint density at radius 1 is 1.10 bits per heavy atom. The lowest BCUT2D eigenvalue weighted by Crippen LogP contribution is -2.22. The molecule has 1 aromatic heterocycles. The highest BCUT2D eigenvalue weighted by Gasteiger charge is 2.07. The molecule has 0 spiro atoms. The summed E-state index contributed by atoms with van der Waals surface area (Å²) in [5, 5.41) is 13.4. The van der Waals surface area contributed by atoms with Crippen molar-refractivity contribution in [2.45, 2.75) is 27.3 Å². The normalized spacial score (nSPS) is 10.9. The van der Waals surface area contributed by atoms with Crippen molar-refractivity contribution in [2.75, 3.05) is 18.4 Å². The maximum atomic E-state index is 10.0. The molecule has 0 radical (unpaired) electrons. The molecule has 0 aliphatic rings. The Bertz CT molecular complexity index is 594. The van der Waals surface area contributed by atoms with Crippen LogP contribution in [0.2, 0.25) is 0 Å². The van der Waals surface area contributed by atoms with E-state index < -0.39 is 0 Å². The van der Waals surface area contributed by atoms with Crippen LogP contribution < -0.4 is 5.32 Å². The molecule has 1 heterocycles. The zero-order chi connectivity index (χ0) is 15.2. The minimum Gasteiger partial charge on any atom is -0.508 e. The molecule has 0 fully saturated rings. The number of pyridine rings is 1. The highest BCUT2D eigenvalue weighted by Crippen LogP contribution is 2.25. The van der Waals surface area contributed by atoms with Gasteiger partial charge < -0.3 is 10.4 Å². The van der Waals surface area contributed by atoms with E-state index in [2.05, 4.69) is 29.0 Å². The van der Waals surface area contributed by atoms with Gasteiger partial charge in [0.1, 0.15) is 5.75 Å². The van der Waals surface area contributed by atoms with Crippen LogP contribution in [0.4, 0.5) is 11.4 Å². The number of nitrogens with zero attached hydrogens (tertiary/aromatic N) is 2. The first-order valence-electron chi connectivity index (χ1n) is 7.36. The van der Waals surface area contributed by atoms with E-state index in [0.717, 1.165) is 42.3 Å². The lowest BCUT2D eigenvalue weighted by molar-refractivity contribution is 0.291. The first-order valence-corrected chi connectivity index (χ1v) is 7.36. The summed E-state index contributed by atoms with van der Waals surface area (Å²) < 4.78 is 0. The summed E-state index contributed by atoms with van der Waals surface area (Å²) in [5.41, 5.74) is 3.89. The summed E-state index contributed by atoms with van der Waals surface area (Å²) in [6, 6.07) is 9.57. The van der Waals surface area contributed by atoms with Crippen LogP contribution in [0.15, 0.2) is 36.5 Å². The molecule has 0 saturated carbocycles. The van der Waals surface area contributed by atoms with Crippen LogP contribution in [0.25, 0.3) is 0 Å². The highest BCUT2D eigenvalue weighted by atomic mass is 16.3. The number of benzene rings is 1. The van der Waals surface area contributed by atoms with Crippen LogP contribution >= 0.6 is 0 Å². The molecule has 1 aromatic carbocycles. The molecule has 4 nitrogen and oxygen atoms in total. The van der Waals surface area contributed by atoms with Crippen molar-refractivity contribution in [1.29, 1.82) is 0 Å². The largest absolute Gasteiger partial charge is 0.508 e. The summed E-state index contributed by atoms with van der Waals surface area (Å²) in [4.78, 5) is 6.46. The number of aryl methyl sites for hydroxylation is 1. The SMILES string of the molecule is CCN(CC)Cc1cc(Nc2ccnc(C)c2)ccc1O. The number of phenols is 1. The molecule has 2 N–H and O–H groups in total. The minimum absolute atomic E-state index is 0.346. The van der Waals surface area contributed by atoms with Crippen LogP contribution in [0.3, 0.4) is 0 Å². The van der Waals surface area contributed by atoms with Gasteiger partial charge in [0.05, 0.1) is 0 Å². The molecule has 2 rings (SSSR count). The molecule has 4 heteroatoms. The topological polar surface area (TPSA) is 48.4 Å². The number of hydrogen-bond donors (Lipinski definition) is 2. The van der Waals surface area contributed by atoms with E-state index in [-0.39, 0.29) is 0 Å². The predicted molar refractivity (Wildman–Crippen MR) is 87.0 cm³/mol. The zero-order valence-electron chi connectivity index (χ0n) is 12.9. The van der Waals surface area contributed by atoms with Gasteiger partial charge in [-0.05, 0) is 50.3 Å². The molecule has 0 aliphatic heterocycles. The Morgan fingerprint density at radius 3 is 2.48 bits per heavy atom. The van der Waals surface area contributed by atoms with Crippen molar-refractivity contribution in [1.82, 2.24) is 9.88 Å². The van der Waals surface area contributed by atoms with E-state index in [9.17, 15) is 5.11 Å². The average Bonchev–Trinajstić information content (AvgIpc) is 2.48. The number of anilines is 2. The monoisotopic (exact) mass is 285 g/mol. The van der Waals surface area contributed by atoms with Gasteiger partial charge in [0.25, 0.3) is 0 Å². The number of phenolic OH excluding ortho intramolecular Hbond substituents is 1. The van der Waals surface area contributed by atoms with Gasteiger partial charge in [-0.3, -0.25) is 9.88 Å². The molecule has 0 aliphatic carbocycles. The minimum atomic E-state index is 0.346. The average molecular weight is 285 g/mol. The Balaban J connectivity index is 2.18. The van der Waals surface area contributed by atoms with Gasteiger partial charge in [-0.25, -0.2) is 0 Å². The van der Waals surface area contributed by atoms with Crippen molar-refractivity contribution >= 4 is 11.4 Å². The first-order chi connectivity index (χ1) is 10.1. The van der Waals surface area contributed by atoms with Crippen molar-refractivity contribution in [3.63, 3.8) is 0 Å². The quantitative estimate of drug-likeness (QED) is 0.795. The highest BCUT2D eigenvalue weighted by molar-refractivity contribution is 5.61. The Morgan fingerprint density at radius 2 is 1.81 bits per heavy atom. The second kappa shape index (κ2) is 7.09. The van der Waals surface area contributed by atoms with Gasteiger partial charge in [0.15, 0.2) is 0 Å². The molecular formula is C17H23N3O. The third kappa shape index (κ3) is 4.20. The summed E-state index contributed by atoms with van der Waals surface area (Å²) in [6.45, 7) is 8.91. The summed E-state index contributed by atoms with van der Waals surface area (Å²) in [6.07, 6.45) is 1.79. The molecule has 0 amide bonds. The van der Waals surface area contributed by atoms with Crippen LogP contribution in [0.1, 0.15) is 25.1 Å². The summed E-state index contributed by atoms with van der Waals surface area (Å²) in [5.74, 6) is 0.346. The number of nitrogens with one attached hydrogen (secondary N) is 1. The van der Waals surface area contributed by atoms with Crippen molar-refractivity contribution in [2.24, 2.45) is 0 Å². The van der Waals surface area contributed by atoms with Crippen molar-refractivity contribution < 1.29 is 5.11 Å². The molecular weight excluding hydrogens is 262 g/mol. The second-order valence-electron chi connectivity index (χ2n) is 5.12. The molecule has 0 saturated heterocycles. The van der Waals surface area contributed by atoms with Gasteiger partial charge in [0, 0.05) is 35.4 Å². The number of aromatic nitrogens is 1. The fraction of sp³-hybridized carbons (Fsp3) is 0.353. The molecule has 2 aromatic rings. The molecule has 21 heavy (non-hydrogen) atoms. The maximum Gasteiger partial charge on any atom is 0.120 e. The van der Waals surface area contributed by atoms with E-state index in [4.69, 9.17) is 0 Å². The first kappa shape index (κ1) is 15.3. The summed E-state index contributed by atoms with van der Waals surface area (Å²) >= 11 is 0. The smallest absolute Gasteiger partial charge is 0.120 e. The predicted octanol–water partition coefficient (Wildman–Crippen LogP) is 3.68. The Kier molecular flexibility index (Phi) is 5.17. The number of aromatic hydroxyl groups is 1.